The average molecular weight is 610 g/mol. The van der Waals surface area contributed by atoms with Gasteiger partial charge in [0.25, 0.3) is 5.60 Å². The lowest BCUT2D eigenvalue weighted by Crippen LogP contribution is -2.55. The lowest BCUT2D eigenvalue weighted by molar-refractivity contribution is -0.278. The number of benzene rings is 3. The third kappa shape index (κ3) is 9.31. The number of alkyl halides is 3. The molecule has 3 aromatic rings. The van der Waals surface area contributed by atoms with E-state index in [1.807, 2.05) is 36.4 Å². The number of carbonyl (C=O) groups is 2. The fourth-order valence-electron chi connectivity index (χ4n) is 4.58. The summed E-state index contributed by atoms with van der Waals surface area (Å²) in [5.41, 5.74) is -2.65. The van der Waals surface area contributed by atoms with E-state index >= 15 is 0 Å². The van der Waals surface area contributed by atoms with Crippen LogP contribution in [-0.4, -0.2) is 43.1 Å². The molecule has 0 saturated heterocycles. The summed E-state index contributed by atoms with van der Waals surface area (Å²) in [5, 5.41) is 2.73. The van der Waals surface area contributed by atoms with Crippen molar-refractivity contribution in [3.63, 3.8) is 0 Å². The highest BCUT2D eigenvalue weighted by molar-refractivity contribution is 5.83. The van der Waals surface area contributed by atoms with Gasteiger partial charge in [-0.3, -0.25) is 0 Å². The van der Waals surface area contributed by atoms with Gasteiger partial charge in [-0.15, -0.1) is 0 Å². The SMILES string of the molecule is C=C(/C=C/c1ccccc1)C[C@H](OC(=O)[C@](OC)(c1ccccc1)C(F)(F)F)[C@H](Cc1ccccc1)NC(=O)OC(C)(C)C. The molecule has 6 nitrogen and oxygen atoms in total. The quantitative estimate of drug-likeness (QED) is 0.168. The van der Waals surface area contributed by atoms with Gasteiger partial charge in [0, 0.05) is 19.1 Å². The first kappa shape index (κ1) is 34.1. The molecule has 1 N–H and O–H groups in total. The predicted molar refractivity (Wildman–Crippen MR) is 164 cm³/mol. The maximum absolute atomic E-state index is 14.7. The highest BCUT2D eigenvalue weighted by Crippen LogP contribution is 2.43. The third-order valence-corrected chi connectivity index (χ3v) is 6.66. The van der Waals surface area contributed by atoms with Gasteiger partial charge < -0.3 is 19.5 Å². The Hall–Kier alpha value is -4.37. The molecule has 0 radical (unpaired) electrons. The third-order valence-electron chi connectivity index (χ3n) is 6.66. The molecule has 1 amide bonds. The first-order valence-corrected chi connectivity index (χ1v) is 14.1. The van der Waals surface area contributed by atoms with Gasteiger partial charge in [-0.1, -0.05) is 115 Å². The Morgan fingerprint density at radius 1 is 0.886 bits per heavy atom. The van der Waals surface area contributed by atoms with Gasteiger partial charge in [0.2, 0.25) is 0 Å². The lowest BCUT2D eigenvalue weighted by Gasteiger charge is -2.36. The molecule has 3 aromatic carbocycles. The molecular formula is C35H38F3NO5. The summed E-state index contributed by atoms with van der Waals surface area (Å²) >= 11 is 0. The molecule has 0 saturated carbocycles. The molecule has 44 heavy (non-hydrogen) atoms. The van der Waals surface area contributed by atoms with Crippen molar-refractivity contribution in [2.75, 3.05) is 7.11 Å². The number of amides is 1. The largest absolute Gasteiger partial charge is 0.457 e. The van der Waals surface area contributed by atoms with Crippen LogP contribution in [0.3, 0.4) is 0 Å². The van der Waals surface area contributed by atoms with Crippen LogP contribution < -0.4 is 5.32 Å². The molecule has 0 aliphatic carbocycles. The van der Waals surface area contributed by atoms with Crippen molar-refractivity contribution >= 4 is 18.1 Å². The molecular weight excluding hydrogens is 571 g/mol. The summed E-state index contributed by atoms with van der Waals surface area (Å²) in [6, 6.07) is 23.9. The minimum absolute atomic E-state index is 0.102. The molecule has 0 heterocycles. The standard InChI is InChI=1S/C35H38F3NO5/c1-25(21-22-26-15-9-6-10-16-26)23-30(29(24-27-17-11-7-12-18-27)39-32(41)44-33(2,3)4)43-31(40)34(42-5,35(36,37)38)28-19-13-8-14-20-28/h6-22,29-30H,1,23-24H2,2-5H3,(H,39,41)/b22-21+/t29-,30-,34+/m0/s1. The topological polar surface area (TPSA) is 73.9 Å². The minimum Gasteiger partial charge on any atom is -0.457 e. The van der Waals surface area contributed by atoms with Gasteiger partial charge in [-0.2, -0.15) is 13.2 Å². The molecule has 0 aliphatic heterocycles. The second-order valence-electron chi connectivity index (χ2n) is 11.2. The maximum atomic E-state index is 14.7. The summed E-state index contributed by atoms with van der Waals surface area (Å²) in [4.78, 5) is 26.7. The van der Waals surface area contributed by atoms with Crippen LogP contribution in [0.25, 0.3) is 6.08 Å². The van der Waals surface area contributed by atoms with E-state index in [9.17, 15) is 22.8 Å². The number of alkyl carbamates (subject to hydrolysis) is 1. The Balaban J connectivity index is 2.05. The molecule has 9 heteroatoms. The van der Waals surface area contributed by atoms with Crippen LogP contribution in [0.1, 0.15) is 43.9 Å². The monoisotopic (exact) mass is 609 g/mol. The Morgan fingerprint density at radius 2 is 1.43 bits per heavy atom. The lowest BCUT2D eigenvalue weighted by atomic mass is 9.91. The van der Waals surface area contributed by atoms with E-state index in [-0.39, 0.29) is 12.8 Å². The molecule has 0 unspecified atom stereocenters. The van der Waals surface area contributed by atoms with Gasteiger partial charge in [-0.25, -0.2) is 9.59 Å². The van der Waals surface area contributed by atoms with Crippen LogP contribution in [0.5, 0.6) is 0 Å². The van der Waals surface area contributed by atoms with E-state index in [0.29, 0.717) is 5.57 Å². The van der Waals surface area contributed by atoms with Crippen molar-refractivity contribution in [3.05, 3.63) is 126 Å². The first-order chi connectivity index (χ1) is 20.7. The van der Waals surface area contributed by atoms with E-state index in [1.165, 1.54) is 18.2 Å². The predicted octanol–water partition coefficient (Wildman–Crippen LogP) is 7.80. The normalized spacial score (nSPS) is 14.7. The summed E-state index contributed by atoms with van der Waals surface area (Å²) in [6.45, 7) is 9.11. The molecule has 0 aromatic heterocycles. The van der Waals surface area contributed by atoms with Gasteiger partial charge in [-0.05, 0) is 38.3 Å². The Morgan fingerprint density at radius 3 is 1.95 bits per heavy atom. The second kappa shape index (κ2) is 14.9. The van der Waals surface area contributed by atoms with Gasteiger partial charge in [0.1, 0.15) is 11.7 Å². The zero-order valence-corrected chi connectivity index (χ0v) is 25.3. The fraction of sp³-hybridized carbons (Fsp3) is 0.314. The number of halogens is 3. The van der Waals surface area contributed by atoms with E-state index in [2.05, 4.69) is 11.9 Å². The average Bonchev–Trinajstić information content (AvgIpc) is 2.96. The molecule has 0 spiro atoms. The van der Waals surface area contributed by atoms with Crippen molar-refractivity contribution in [3.8, 4) is 0 Å². The smallest absolute Gasteiger partial charge is 0.432 e. The molecule has 3 rings (SSSR count). The van der Waals surface area contributed by atoms with Crippen LogP contribution in [0.15, 0.2) is 109 Å². The number of carbonyl (C=O) groups excluding carboxylic acids is 2. The zero-order chi connectivity index (χ0) is 32.4. The Labute approximate surface area is 256 Å². The van der Waals surface area contributed by atoms with Crippen LogP contribution in [0.4, 0.5) is 18.0 Å². The van der Waals surface area contributed by atoms with E-state index in [4.69, 9.17) is 14.2 Å². The second-order valence-corrected chi connectivity index (χ2v) is 11.2. The van der Waals surface area contributed by atoms with Crippen molar-refractivity contribution in [1.82, 2.24) is 5.32 Å². The van der Waals surface area contributed by atoms with Gasteiger partial charge >= 0.3 is 18.2 Å². The van der Waals surface area contributed by atoms with Crippen LogP contribution in [0, 0.1) is 0 Å². The van der Waals surface area contributed by atoms with Crippen molar-refractivity contribution in [1.29, 1.82) is 0 Å². The number of ether oxygens (including phenoxy) is 3. The van der Waals surface area contributed by atoms with Crippen LogP contribution in [0.2, 0.25) is 0 Å². The fourth-order valence-corrected chi connectivity index (χ4v) is 4.58. The van der Waals surface area contributed by atoms with Crippen molar-refractivity contribution in [2.24, 2.45) is 0 Å². The van der Waals surface area contributed by atoms with E-state index in [1.54, 1.807) is 57.2 Å². The number of nitrogens with one attached hydrogen (secondary N) is 1. The number of methoxy groups -OCH3 is 1. The number of esters is 1. The summed E-state index contributed by atoms with van der Waals surface area (Å²) in [6.07, 6.45) is -3.81. The number of rotatable bonds is 12. The van der Waals surface area contributed by atoms with Crippen molar-refractivity contribution < 1.29 is 37.0 Å². The Kier molecular flexibility index (Phi) is 11.5. The Bertz CT molecular complexity index is 1400. The molecule has 0 fully saturated rings. The van der Waals surface area contributed by atoms with Gasteiger partial charge in [0.15, 0.2) is 0 Å². The summed E-state index contributed by atoms with van der Waals surface area (Å²) in [7, 11) is 0.804. The maximum Gasteiger partial charge on any atom is 0.432 e. The molecule has 0 aliphatic rings. The van der Waals surface area contributed by atoms with Gasteiger partial charge in [0.05, 0.1) is 6.04 Å². The molecule has 234 valence electrons. The number of allylic oxidation sites excluding steroid dienone is 1. The number of hydrogen-bond acceptors (Lipinski definition) is 5. The van der Waals surface area contributed by atoms with Crippen molar-refractivity contribution in [2.45, 2.75) is 63.1 Å². The molecule has 3 atom stereocenters. The van der Waals surface area contributed by atoms with E-state index < -0.39 is 47.2 Å². The number of hydrogen-bond donors (Lipinski definition) is 1. The highest BCUT2D eigenvalue weighted by atomic mass is 19.4. The van der Waals surface area contributed by atoms with Crippen LogP contribution >= 0.6 is 0 Å². The summed E-state index contributed by atoms with van der Waals surface area (Å²) < 4.78 is 60.3. The highest BCUT2D eigenvalue weighted by Gasteiger charge is 2.64. The van der Waals surface area contributed by atoms with E-state index in [0.717, 1.165) is 30.4 Å². The minimum atomic E-state index is -5.18. The zero-order valence-electron chi connectivity index (χ0n) is 25.3. The summed E-state index contributed by atoms with van der Waals surface area (Å²) in [5.74, 6) is -1.67. The molecule has 0 bridgehead atoms. The van der Waals surface area contributed by atoms with Crippen LogP contribution in [-0.2, 0) is 31.0 Å². The first-order valence-electron chi connectivity index (χ1n) is 14.1.